The van der Waals surface area contributed by atoms with Crippen LogP contribution in [-0.4, -0.2) is 32.0 Å². The van der Waals surface area contributed by atoms with Crippen molar-refractivity contribution in [2.24, 2.45) is 13.0 Å². The molecule has 1 aliphatic heterocycles. The normalized spacial score (nSPS) is 20.9. The molecule has 0 spiro atoms. The van der Waals surface area contributed by atoms with E-state index in [-0.39, 0.29) is 17.9 Å². The number of H-pyrrole nitrogens is 1. The van der Waals surface area contributed by atoms with Crippen LogP contribution in [0.2, 0.25) is 0 Å². The number of carbonyl (C=O) groups is 1. The average Bonchev–Trinajstić information content (AvgIpc) is 3.24. The Bertz CT molecular complexity index is 820. The van der Waals surface area contributed by atoms with E-state index in [1.54, 1.807) is 6.20 Å². The lowest BCUT2D eigenvalue weighted by molar-refractivity contribution is -0.121. The smallest absolute Gasteiger partial charge is 0.232 e. The molecule has 7 nitrogen and oxygen atoms in total. The summed E-state index contributed by atoms with van der Waals surface area (Å²) in [4.78, 5) is 24.4. The molecule has 0 aliphatic carbocycles. The van der Waals surface area contributed by atoms with Gasteiger partial charge in [-0.25, -0.2) is 9.97 Å². The van der Waals surface area contributed by atoms with E-state index < -0.39 is 0 Å². The molecule has 23 heavy (non-hydrogen) atoms. The molecule has 0 saturated carbocycles. The van der Waals surface area contributed by atoms with Crippen molar-refractivity contribution in [1.82, 2.24) is 19.5 Å². The maximum Gasteiger partial charge on any atom is 0.232 e. The second-order valence-corrected chi connectivity index (χ2v) is 5.67. The molecule has 2 N–H and O–H groups in total. The molecular weight excluding hydrogens is 294 g/mol. The SMILES string of the molecule is Cn1ccnc1[C@@H]1OCC[C@H]1C(=O)Nc1nc2ccccc2[nH]1. The summed E-state index contributed by atoms with van der Waals surface area (Å²) >= 11 is 0. The number of rotatable bonds is 3. The summed E-state index contributed by atoms with van der Waals surface area (Å²) in [5.41, 5.74) is 1.72. The summed E-state index contributed by atoms with van der Waals surface area (Å²) in [6.45, 7) is 0.551. The molecule has 2 aromatic heterocycles. The fourth-order valence-electron chi connectivity index (χ4n) is 2.99. The van der Waals surface area contributed by atoms with Crippen LogP contribution in [0.3, 0.4) is 0 Å². The number of imidazole rings is 2. The number of hydrogen-bond acceptors (Lipinski definition) is 4. The predicted octanol–water partition coefficient (Wildman–Crippen LogP) is 2.01. The fraction of sp³-hybridized carbons (Fsp3) is 0.312. The lowest BCUT2D eigenvalue weighted by Gasteiger charge is -2.17. The molecule has 0 radical (unpaired) electrons. The Labute approximate surface area is 132 Å². The number of benzene rings is 1. The Morgan fingerprint density at radius 3 is 3.09 bits per heavy atom. The van der Waals surface area contributed by atoms with E-state index in [1.165, 1.54) is 0 Å². The van der Waals surface area contributed by atoms with Gasteiger partial charge in [0.05, 0.1) is 17.0 Å². The zero-order chi connectivity index (χ0) is 15.8. The summed E-state index contributed by atoms with van der Waals surface area (Å²) in [7, 11) is 1.90. The number of fused-ring (bicyclic) bond motifs is 1. The van der Waals surface area contributed by atoms with Crippen molar-refractivity contribution in [3.05, 3.63) is 42.5 Å². The number of aryl methyl sites for hydroxylation is 1. The molecule has 0 bridgehead atoms. The first-order valence-corrected chi connectivity index (χ1v) is 7.57. The summed E-state index contributed by atoms with van der Waals surface area (Å²) < 4.78 is 7.62. The zero-order valence-corrected chi connectivity index (χ0v) is 12.7. The largest absolute Gasteiger partial charge is 0.369 e. The predicted molar refractivity (Wildman–Crippen MR) is 84.7 cm³/mol. The molecule has 0 unspecified atom stereocenters. The average molecular weight is 311 g/mol. The number of aromatic amines is 1. The highest BCUT2D eigenvalue weighted by molar-refractivity contribution is 5.93. The molecule has 1 saturated heterocycles. The van der Waals surface area contributed by atoms with Crippen molar-refractivity contribution < 1.29 is 9.53 Å². The van der Waals surface area contributed by atoms with Gasteiger partial charge in [0.1, 0.15) is 11.9 Å². The van der Waals surface area contributed by atoms with Crippen molar-refractivity contribution >= 4 is 22.9 Å². The molecule has 1 fully saturated rings. The summed E-state index contributed by atoms with van der Waals surface area (Å²) in [6, 6.07) is 7.66. The van der Waals surface area contributed by atoms with Crippen LogP contribution in [0.15, 0.2) is 36.7 Å². The van der Waals surface area contributed by atoms with Gasteiger partial charge in [0.25, 0.3) is 0 Å². The van der Waals surface area contributed by atoms with Crippen LogP contribution < -0.4 is 5.32 Å². The van der Waals surface area contributed by atoms with E-state index in [0.29, 0.717) is 19.0 Å². The van der Waals surface area contributed by atoms with Gasteiger partial charge in [-0.2, -0.15) is 0 Å². The third-order valence-corrected chi connectivity index (χ3v) is 4.17. The van der Waals surface area contributed by atoms with E-state index in [0.717, 1.165) is 16.9 Å². The van der Waals surface area contributed by atoms with Crippen LogP contribution in [-0.2, 0) is 16.6 Å². The van der Waals surface area contributed by atoms with Crippen LogP contribution in [0.25, 0.3) is 11.0 Å². The number of hydrogen-bond donors (Lipinski definition) is 2. The Hall–Kier alpha value is -2.67. The van der Waals surface area contributed by atoms with Gasteiger partial charge in [0, 0.05) is 26.0 Å². The van der Waals surface area contributed by atoms with Gasteiger partial charge >= 0.3 is 0 Å². The van der Waals surface area contributed by atoms with Gasteiger partial charge in [-0.05, 0) is 18.6 Å². The molecule has 1 amide bonds. The Morgan fingerprint density at radius 2 is 2.30 bits per heavy atom. The van der Waals surface area contributed by atoms with Crippen molar-refractivity contribution in [1.29, 1.82) is 0 Å². The first-order chi connectivity index (χ1) is 11.2. The Morgan fingerprint density at radius 1 is 1.43 bits per heavy atom. The molecule has 118 valence electrons. The molecule has 7 heteroatoms. The van der Waals surface area contributed by atoms with Crippen molar-refractivity contribution in [2.45, 2.75) is 12.5 Å². The molecule has 4 rings (SSSR count). The quantitative estimate of drug-likeness (QED) is 0.775. The number of ether oxygens (including phenoxy) is 1. The van der Waals surface area contributed by atoms with Crippen molar-refractivity contribution in [3.8, 4) is 0 Å². The van der Waals surface area contributed by atoms with E-state index in [1.807, 2.05) is 42.1 Å². The third kappa shape index (κ3) is 2.49. The molecule has 2 atom stereocenters. The fourth-order valence-corrected chi connectivity index (χ4v) is 2.99. The zero-order valence-electron chi connectivity index (χ0n) is 12.7. The maximum atomic E-state index is 12.6. The van der Waals surface area contributed by atoms with E-state index >= 15 is 0 Å². The van der Waals surface area contributed by atoms with Crippen LogP contribution in [0.4, 0.5) is 5.95 Å². The Balaban J connectivity index is 1.55. The molecule has 3 heterocycles. The van der Waals surface area contributed by atoms with Crippen LogP contribution in [0.5, 0.6) is 0 Å². The number of nitrogens with zero attached hydrogens (tertiary/aromatic N) is 3. The minimum Gasteiger partial charge on any atom is -0.369 e. The monoisotopic (exact) mass is 311 g/mol. The summed E-state index contributed by atoms with van der Waals surface area (Å²) in [5.74, 6) is 0.854. The van der Waals surface area contributed by atoms with Crippen LogP contribution in [0.1, 0.15) is 18.3 Å². The summed E-state index contributed by atoms with van der Waals surface area (Å²) in [6.07, 6.45) is 3.92. The maximum absolute atomic E-state index is 12.6. The van der Waals surface area contributed by atoms with Crippen molar-refractivity contribution in [2.75, 3.05) is 11.9 Å². The van der Waals surface area contributed by atoms with Gasteiger partial charge in [-0.1, -0.05) is 12.1 Å². The van der Waals surface area contributed by atoms with Gasteiger partial charge in [-0.3, -0.25) is 10.1 Å². The minimum absolute atomic E-state index is 0.102. The molecule has 3 aromatic rings. The molecule has 1 aliphatic rings. The molecular formula is C16H17N5O2. The highest BCUT2D eigenvalue weighted by Crippen LogP contribution is 2.34. The lowest BCUT2D eigenvalue weighted by atomic mass is 10.00. The van der Waals surface area contributed by atoms with Crippen molar-refractivity contribution in [3.63, 3.8) is 0 Å². The van der Waals surface area contributed by atoms with Gasteiger partial charge < -0.3 is 14.3 Å². The van der Waals surface area contributed by atoms with Crippen LogP contribution in [0, 0.1) is 5.92 Å². The number of anilines is 1. The number of aromatic nitrogens is 4. The lowest BCUT2D eigenvalue weighted by Crippen LogP contribution is -2.27. The molecule has 1 aromatic carbocycles. The standard InChI is InChI=1S/C16H17N5O2/c1-21-8-7-17-14(21)13-10(6-9-23-13)15(22)20-16-18-11-4-2-3-5-12(11)19-16/h2-5,7-8,10,13H,6,9H2,1H3,(H2,18,19,20,22)/t10-,13-/m1/s1. The van der Waals surface area contributed by atoms with Gasteiger partial charge in [0.2, 0.25) is 11.9 Å². The first kappa shape index (κ1) is 14.0. The highest BCUT2D eigenvalue weighted by atomic mass is 16.5. The van der Waals surface area contributed by atoms with Crippen LogP contribution >= 0.6 is 0 Å². The van der Waals surface area contributed by atoms with Gasteiger partial charge in [0.15, 0.2) is 0 Å². The van der Waals surface area contributed by atoms with E-state index in [2.05, 4.69) is 20.3 Å². The topological polar surface area (TPSA) is 84.8 Å². The second kappa shape index (κ2) is 5.51. The number of carbonyl (C=O) groups excluding carboxylic acids is 1. The number of amides is 1. The first-order valence-electron chi connectivity index (χ1n) is 7.57. The Kier molecular flexibility index (Phi) is 3.34. The minimum atomic E-state index is -0.320. The highest BCUT2D eigenvalue weighted by Gasteiger charge is 2.37. The second-order valence-electron chi connectivity index (χ2n) is 5.67. The van der Waals surface area contributed by atoms with E-state index in [9.17, 15) is 4.79 Å². The number of para-hydroxylation sites is 2. The third-order valence-electron chi connectivity index (χ3n) is 4.17. The van der Waals surface area contributed by atoms with E-state index in [4.69, 9.17) is 4.74 Å². The summed E-state index contributed by atoms with van der Waals surface area (Å²) in [5, 5.41) is 2.86. The van der Waals surface area contributed by atoms with Gasteiger partial charge in [-0.15, -0.1) is 0 Å². The number of nitrogens with one attached hydrogen (secondary N) is 2.